The topological polar surface area (TPSA) is 77.4 Å². The van der Waals surface area contributed by atoms with E-state index in [0.29, 0.717) is 21.1 Å². The molecule has 0 aliphatic rings. The number of para-hydroxylation sites is 2. The molecule has 0 atom stereocenters. The summed E-state index contributed by atoms with van der Waals surface area (Å²) in [7, 11) is 0. The van der Waals surface area contributed by atoms with Gasteiger partial charge in [0, 0.05) is 11.1 Å². The molecule has 5 rings (SSSR count). The molecule has 0 radical (unpaired) electrons. The van der Waals surface area contributed by atoms with Crippen molar-refractivity contribution >= 4 is 22.8 Å². The molecule has 172 valence electrons. The molecule has 0 unspecified atom stereocenters. The minimum atomic E-state index is -0.151. The Kier molecular flexibility index (Phi) is 6.28. The van der Waals surface area contributed by atoms with E-state index in [1.165, 1.54) is 11.3 Å². The van der Waals surface area contributed by atoms with E-state index in [-0.39, 0.29) is 5.78 Å². The lowest BCUT2D eigenvalue weighted by Crippen LogP contribution is -2.14. The zero-order valence-electron chi connectivity index (χ0n) is 19.2. The minimum Gasteiger partial charge on any atom is -0.286 e. The lowest BCUT2D eigenvalue weighted by molar-refractivity contribution is 0.103. The molecule has 0 bridgehead atoms. The predicted molar refractivity (Wildman–Crippen MR) is 137 cm³/mol. The molecule has 0 aliphatic heterocycles. The summed E-state index contributed by atoms with van der Waals surface area (Å²) >= 11 is 1.21. The first-order valence-corrected chi connectivity index (χ1v) is 11.9. The van der Waals surface area contributed by atoms with Crippen molar-refractivity contribution in [1.82, 2.24) is 19.6 Å². The number of ketones is 1. The summed E-state index contributed by atoms with van der Waals surface area (Å²) in [5.41, 5.74) is 4.94. The number of benzene rings is 3. The van der Waals surface area contributed by atoms with Gasteiger partial charge in [-0.15, -0.1) is 5.10 Å². The van der Waals surface area contributed by atoms with Crippen LogP contribution in [0.4, 0.5) is 0 Å². The molecule has 7 nitrogen and oxygen atoms in total. The average molecular weight is 479 g/mol. The highest BCUT2D eigenvalue weighted by Crippen LogP contribution is 2.16. The van der Waals surface area contributed by atoms with Gasteiger partial charge in [0.1, 0.15) is 0 Å². The number of hydrogen-bond acceptors (Lipinski definition) is 6. The van der Waals surface area contributed by atoms with Gasteiger partial charge < -0.3 is 0 Å². The molecule has 0 spiro atoms. The van der Waals surface area contributed by atoms with E-state index in [1.807, 2.05) is 97.4 Å². The second-order valence-electron chi connectivity index (χ2n) is 7.81. The van der Waals surface area contributed by atoms with Crippen molar-refractivity contribution in [2.45, 2.75) is 13.8 Å². The molecule has 8 heteroatoms. The second-order valence-corrected chi connectivity index (χ2v) is 8.76. The highest BCUT2D eigenvalue weighted by molar-refractivity contribution is 7.11. The Morgan fingerprint density at radius 3 is 2.03 bits per heavy atom. The first-order chi connectivity index (χ1) is 17.1. The van der Waals surface area contributed by atoms with Gasteiger partial charge in [-0.1, -0.05) is 78.1 Å². The van der Waals surface area contributed by atoms with Gasteiger partial charge in [0.05, 0.1) is 29.0 Å². The number of nitrogens with zero attached hydrogens (tertiary/aromatic N) is 6. The zero-order chi connectivity index (χ0) is 24.2. The van der Waals surface area contributed by atoms with Crippen molar-refractivity contribution in [3.8, 4) is 11.4 Å². The summed E-state index contributed by atoms with van der Waals surface area (Å²) in [6.07, 6.45) is 1.79. The summed E-state index contributed by atoms with van der Waals surface area (Å²) in [6, 6.07) is 28.7. The van der Waals surface area contributed by atoms with Crippen LogP contribution in [0.1, 0.15) is 33.5 Å². The number of carbonyl (C=O) groups excluding carboxylic acids is 1. The van der Waals surface area contributed by atoms with Gasteiger partial charge in [-0.2, -0.15) is 15.3 Å². The molecule has 0 amide bonds. The molecule has 0 saturated carbocycles. The van der Waals surface area contributed by atoms with Crippen LogP contribution in [0.15, 0.2) is 107 Å². The fourth-order valence-electron chi connectivity index (χ4n) is 3.65. The van der Waals surface area contributed by atoms with Crippen LogP contribution in [-0.4, -0.2) is 31.1 Å². The van der Waals surface area contributed by atoms with Crippen LogP contribution in [0.3, 0.4) is 0 Å². The average Bonchev–Trinajstić information content (AvgIpc) is 3.52. The molecule has 0 N–H and O–H groups in total. The summed E-state index contributed by atoms with van der Waals surface area (Å²) in [6.45, 7) is 3.90. The van der Waals surface area contributed by atoms with E-state index in [0.717, 1.165) is 22.6 Å². The Morgan fingerprint density at radius 2 is 1.40 bits per heavy atom. The summed E-state index contributed by atoms with van der Waals surface area (Å²) in [5, 5.41) is 18.4. The molecule has 3 aromatic carbocycles. The number of carbonyl (C=O) groups is 1. The third kappa shape index (κ3) is 4.64. The molecule has 0 saturated heterocycles. The molecule has 35 heavy (non-hydrogen) atoms. The van der Waals surface area contributed by atoms with E-state index in [4.69, 9.17) is 0 Å². The van der Waals surface area contributed by atoms with E-state index in [2.05, 4.69) is 20.4 Å². The van der Waals surface area contributed by atoms with Crippen molar-refractivity contribution < 1.29 is 4.79 Å². The minimum absolute atomic E-state index is 0.151. The maximum Gasteiger partial charge on any atom is 0.233 e. The van der Waals surface area contributed by atoms with Crippen LogP contribution in [-0.2, 0) is 0 Å². The van der Waals surface area contributed by atoms with E-state index < -0.39 is 0 Å². The summed E-state index contributed by atoms with van der Waals surface area (Å²) < 4.78 is 3.53. The monoisotopic (exact) mass is 478 g/mol. The van der Waals surface area contributed by atoms with E-state index in [1.54, 1.807) is 23.0 Å². The maximum absolute atomic E-state index is 13.0. The largest absolute Gasteiger partial charge is 0.286 e. The number of rotatable bonds is 6. The Bertz CT molecular complexity index is 1560. The van der Waals surface area contributed by atoms with E-state index >= 15 is 0 Å². The van der Waals surface area contributed by atoms with Gasteiger partial charge in [0.25, 0.3) is 0 Å². The first-order valence-electron chi connectivity index (χ1n) is 11.1. The smallest absolute Gasteiger partial charge is 0.233 e. The number of hydrogen-bond donors (Lipinski definition) is 0. The third-order valence-corrected chi connectivity index (χ3v) is 6.37. The van der Waals surface area contributed by atoms with Crippen LogP contribution < -0.4 is 4.80 Å². The van der Waals surface area contributed by atoms with Crippen LogP contribution in [0.2, 0.25) is 0 Å². The fourth-order valence-corrected chi connectivity index (χ4v) is 4.47. The third-order valence-electron chi connectivity index (χ3n) is 5.48. The zero-order valence-corrected chi connectivity index (χ0v) is 20.1. The van der Waals surface area contributed by atoms with Crippen LogP contribution in [0.5, 0.6) is 0 Å². The lowest BCUT2D eigenvalue weighted by Gasteiger charge is -2.04. The SMILES string of the molecule is CC(=NN=c1sc(C(=O)c2ccccc2)nn1-c1ccccc1)c1cnn(-c2ccccc2)c1C. The normalized spacial score (nSPS) is 12.2. The molecular formula is C27H22N6OS. The molecule has 5 aromatic rings. The van der Waals surface area contributed by atoms with Gasteiger partial charge in [0.15, 0.2) is 5.01 Å². The second kappa shape index (κ2) is 9.82. The Morgan fingerprint density at radius 1 is 0.829 bits per heavy atom. The van der Waals surface area contributed by atoms with Gasteiger partial charge in [-0.25, -0.2) is 9.36 Å². The Balaban J connectivity index is 1.55. The van der Waals surface area contributed by atoms with Crippen molar-refractivity contribution in [3.05, 3.63) is 124 Å². The van der Waals surface area contributed by atoms with Gasteiger partial charge in [-0.3, -0.25) is 4.79 Å². The Labute approximate surface area is 206 Å². The van der Waals surface area contributed by atoms with Gasteiger partial charge >= 0.3 is 0 Å². The highest BCUT2D eigenvalue weighted by Gasteiger charge is 2.16. The van der Waals surface area contributed by atoms with Gasteiger partial charge in [0.2, 0.25) is 10.6 Å². The fraction of sp³-hybridized carbons (Fsp3) is 0.0741. The van der Waals surface area contributed by atoms with Crippen LogP contribution >= 0.6 is 11.3 Å². The highest BCUT2D eigenvalue weighted by atomic mass is 32.1. The molecule has 2 heterocycles. The first kappa shape index (κ1) is 22.4. The predicted octanol–water partition coefficient (Wildman–Crippen LogP) is 4.98. The van der Waals surface area contributed by atoms with Crippen molar-refractivity contribution in [2.24, 2.45) is 10.2 Å². The van der Waals surface area contributed by atoms with Crippen molar-refractivity contribution in [2.75, 3.05) is 0 Å². The molecule has 0 fully saturated rings. The van der Waals surface area contributed by atoms with Crippen molar-refractivity contribution in [3.63, 3.8) is 0 Å². The Hall–Kier alpha value is -4.43. The summed E-state index contributed by atoms with van der Waals surface area (Å²) in [4.78, 5) is 13.5. The summed E-state index contributed by atoms with van der Waals surface area (Å²) in [5.74, 6) is -0.151. The van der Waals surface area contributed by atoms with Crippen LogP contribution in [0, 0.1) is 6.92 Å². The van der Waals surface area contributed by atoms with Crippen LogP contribution in [0.25, 0.3) is 11.4 Å². The standard InChI is InChI=1S/C27H22N6OS/c1-19(24-18-28-32(20(24)2)22-14-8-4-9-15-22)29-30-27-33(23-16-10-5-11-17-23)31-26(35-27)25(34)21-12-6-3-7-13-21/h3-18H,1-2H3. The van der Waals surface area contributed by atoms with E-state index in [9.17, 15) is 4.79 Å². The molecule has 0 aliphatic carbocycles. The maximum atomic E-state index is 13.0. The molecule has 2 aromatic heterocycles. The van der Waals surface area contributed by atoms with Gasteiger partial charge in [-0.05, 0) is 38.1 Å². The molecular weight excluding hydrogens is 456 g/mol. The van der Waals surface area contributed by atoms with Crippen molar-refractivity contribution in [1.29, 1.82) is 0 Å². The lowest BCUT2D eigenvalue weighted by atomic mass is 10.1. The quantitative estimate of drug-likeness (QED) is 0.196. The number of aromatic nitrogens is 4.